The molecule has 1 aliphatic rings. The van der Waals surface area contributed by atoms with Gasteiger partial charge in [-0.1, -0.05) is 31.9 Å². The van der Waals surface area contributed by atoms with Gasteiger partial charge < -0.3 is 15.2 Å². The van der Waals surface area contributed by atoms with Gasteiger partial charge in [-0.15, -0.1) is 0 Å². The molecule has 1 aromatic rings. The first-order chi connectivity index (χ1) is 11.0. The van der Waals surface area contributed by atoms with Crippen LogP contribution < -0.4 is 10.1 Å². The van der Waals surface area contributed by atoms with Crippen LogP contribution in [0.3, 0.4) is 0 Å². The van der Waals surface area contributed by atoms with Gasteiger partial charge in [-0.3, -0.25) is 9.59 Å². The lowest BCUT2D eigenvalue weighted by molar-refractivity contribution is -0.139. The van der Waals surface area contributed by atoms with Gasteiger partial charge in [0, 0.05) is 0 Å². The number of aliphatic carboxylic acids is 1. The Morgan fingerprint density at radius 1 is 1.35 bits per heavy atom. The van der Waals surface area contributed by atoms with Crippen LogP contribution in [0.4, 0.5) is 4.39 Å². The molecule has 6 heteroatoms. The minimum atomic E-state index is -0.935. The van der Waals surface area contributed by atoms with Crippen molar-refractivity contribution in [3.63, 3.8) is 0 Å². The van der Waals surface area contributed by atoms with E-state index in [1.807, 2.05) is 0 Å². The molecule has 2 N–H and O–H groups in total. The topological polar surface area (TPSA) is 75.6 Å². The lowest BCUT2D eigenvalue weighted by atomic mass is 9.92. The van der Waals surface area contributed by atoms with Crippen LogP contribution in [0.5, 0.6) is 5.75 Å². The number of hydrogen-bond acceptors (Lipinski definition) is 3. The maximum absolute atomic E-state index is 13.7. The number of benzene rings is 1. The van der Waals surface area contributed by atoms with E-state index in [1.54, 1.807) is 19.1 Å². The van der Waals surface area contributed by atoms with E-state index in [9.17, 15) is 14.0 Å². The fourth-order valence-corrected chi connectivity index (χ4v) is 3.04. The molecule has 2 rings (SSSR count). The monoisotopic (exact) mass is 323 g/mol. The van der Waals surface area contributed by atoms with Crippen LogP contribution in [0.2, 0.25) is 0 Å². The fourth-order valence-electron chi connectivity index (χ4n) is 3.04. The second-order valence-electron chi connectivity index (χ2n) is 5.99. The average molecular weight is 323 g/mol. The van der Waals surface area contributed by atoms with Crippen molar-refractivity contribution in [2.45, 2.75) is 57.1 Å². The Morgan fingerprint density at radius 2 is 2.00 bits per heavy atom. The second kappa shape index (κ2) is 7.44. The standard InChI is InChI=1S/C17H22FNO4/c1-2-13(23-14-8-4-3-7-12(14)18)16(22)19-17(11-15(20)21)9-5-6-10-17/h3-4,7-8,13H,2,5-6,9-11H2,1H3,(H,19,22)(H,20,21). The molecule has 1 atom stereocenters. The van der Waals surface area contributed by atoms with Gasteiger partial charge in [-0.25, -0.2) is 4.39 Å². The van der Waals surface area contributed by atoms with Crippen molar-refractivity contribution < 1.29 is 23.8 Å². The molecular formula is C17H22FNO4. The van der Waals surface area contributed by atoms with Gasteiger partial charge in [0.05, 0.1) is 12.0 Å². The lowest BCUT2D eigenvalue weighted by Gasteiger charge is -2.30. The highest BCUT2D eigenvalue weighted by Crippen LogP contribution is 2.33. The molecule has 1 aromatic carbocycles. The highest BCUT2D eigenvalue weighted by atomic mass is 19.1. The number of hydrogen-bond donors (Lipinski definition) is 2. The Balaban J connectivity index is 2.07. The third-order valence-corrected chi connectivity index (χ3v) is 4.21. The first-order valence-electron chi connectivity index (χ1n) is 7.91. The van der Waals surface area contributed by atoms with Crippen molar-refractivity contribution in [3.8, 4) is 5.75 Å². The Labute approximate surface area is 134 Å². The molecule has 23 heavy (non-hydrogen) atoms. The smallest absolute Gasteiger partial charge is 0.305 e. The SMILES string of the molecule is CCC(Oc1ccccc1F)C(=O)NC1(CC(=O)O)CCCC1. The number of halogens is 1. The normalized spacial score (nSPS) is 17.5. The number of nitrogens with one attached hydrogen (secondary N) is 1. The van der Waals surface area contributed by atoms with E-state index in [4.69, 9.17) is 9.84 Å². The van der Waals surface area contributed by atoms with Crippen LogP contribution in [-0.4, -0.2) is 28.6 Å². The minimum absolute atomic E-state index is 0.0215. The van der Waals surface area contributed by atoms with Gasteiger partial charge in [0.2, 0.25) is 0 Å². The zero-order chi connectivity index (χ0) is 16.9. The Kier molecular flexibility index (Phi) is 5.58. The van der Waals surface area contributed by atoms with E-state index in [0.717, 1.165) is 12.8 Å². The summed E-state index contributed by atoms with van der Waals surface area (Å²) in [6.07, 6.45) is 2.47. The number of para-hydroxylation sites is 1. The number of carboxylic acids is 1. The average Bonchev–Trinajstić information content (AvgIpc) is 2.93. The maximum Gasteiger partial charge on any atom is 0.305 e. The van der Waals surface area contributed by atoms with Crippen LogP contribution in [0, 0.1) is 5.82 Å². The van der Waals surface area contributed by atoms with Crippen molar-refractivity contribution >= 4 is 11.9 Å². The molecule has 1 aliphatic carbocycles. The number of carbonyl (C=O) groups excluding carboxylic acids is 1. The highest BCUT2D eigenvalue weighted by molar-refractivity contribution is 5.82. The molecule has 0 radical (unpaired) electrons. The van der Waals surface area contributed by atoms with E-state index >= 15 is 0 Å². The number of ether oxygens (including phenoxy) is 1. The predicted octanol–water partition coefficient (Wildman–Crippen LogP) is 2.89. The van der Waals surface area contributed by atoms with Gasteiger partial charge in [0.15, 0.2) is 17.7 Å². The van der Waals surface area contributed by atoms with Crippen LogP contribution in [0.25, 0.3) is 0 Å². The van der Waals surface area contributed by atoms with E-state index in [-0.39, 0.29) is 18.1 Å². The lowest BCUT2D eigenvalue weighted by Crippen LogP contribution is -2.52. The second-order valence-corrected chi connectivity index (χ2v) is 5.99. The van der Waals surface area contributed by atoms with Gasteiger partial charge in [-0.2, -0.15) is 0 Å². The molecule has 1 saturated carbocycles. The summed E-state index contributed by atoms with van der Waals surface area (Å²) >= 11 is 0. The molecular weight excluding hydrogens is 301 g/mol. The summed E-state index contributed by atoms with van der Waals surface area (Å²) in [6.45, 7) is 1.77. The van der Waals surface area contributed by atoms with Crippen LogP contribution in [-0.2, 0) is 9.59 Å². The quantitative estimate of drug-likeness (QED) is 0.809. The summed E-state index contributed by atoms with van der Waals surface area (Å²) in [5.74, 6) is -1.83. The maximum atomic E-state index is 13.7. The minimum Gasteiger partial charge on any atom is -0.481 e. The van der Waals surface area contributed by atoms with Crippen LogP contribution >= 0.6 is 0 Å². The van der Waals surface area contributed by atoms with Gasteiger partial charge in [0.25, 0.3) is 5.91 Å². The molecule has 0 saturated heterocycles. The number of carbonyl (C=O) groups is 2. The zero-order valence-electron chi connectivity index (χ0n) is 13.2. The van der Waals surface area contributed by atoms with Gasteiger partial charge in [-0.05, 0) is 31.4 Å². The highest BCUT2D eigenvalue weighted by Gasteiger charge is 2.39. The van der Waals surface area contributed by atoms with Gasteiger partial charge >= 0.3 is 5.97 Å². The van der Waals surface area contributed by atoms with E-state index in [1.165, 1.54) is 12.1 Å². The molecule has 0 bridgehead atoms. The number of rotatable bonds is 7. The fraction of sp³-hybridized carbons (Fsp3) is 0.529. The Bertz CT molecular complexity index is 569. The zero-order valence-corrected chi connectivity index (χ0v) is 13.2. The first-order valence-corrected chi connectivity index (χ1v) is 7.91. The van der Waals surface area contributed by atoms with E-state index in [0.29, 0.717) is 19.3 Å². The summed E-state index contributed by atoms with van der Waals surface area (Å²) in [5, 5.41) is 11.9. The molecule has 1 unspecified atom stereocenters. The summed E-state index contributed by atoms with van der Waals surface area (Å²) in [7, 11) is 0. The molecule has 5 nitrogen and oxygen atoms in total. The van der Waals surface area contributed by atoms with E-state index in [2.05, 4.69) is 5.32 Å². The first kappa shape index (κ1) is 17.2. The van der Waals surface area contributed by atoms with Crippen molar-refractivity contribution in [1.29, 1.82) is 0 Å². The predicted molar refractivity (Wildman–Crippen MR) is 82.7 cm³/mol. The van der Waals surface area contributed by atoms with Gasteiger partial charge in [0.1, 0.15) is 0 Å². The molecule has 1 fully saturated rings. The molecule has 1 amide bonds. The third kappa shape index (κ3) is 4.43. The summed E-state index contributed by atoms with van der Waals surface area (Å²) in [4.78, 5) is 23.6. The van der Waals surface area contributed by atoms with E-state index < -0.39 is 23.4 Å². The largest absolute Gasteiger partial charge is 0.481 e. The Hall–Kier alpha value is -2.11. The molecule has 0 aliphatic heterocycles. The molecule has 0 heterocycles. The number of carboxylic acid groups (broad SMARTS) is 1. The van der Waals surface area contributed by atoms with Crippen molar-refractivity contribution in [2.24, 2.45) is 0 Å². The third-order valence-electron chi connectivity index (χ3n) is 4.21. The molecule has 0 aromatic heterocycles. The Morgan fingerprint density at radius 3 is 2.57 bits per heavy atom. The van der Waals surface area contributed by atoms with Crippen molar-refractivity contribution in [1.82, 2.24) is 5.32 Å². The van der Waals surface area contributed by atoms with Crippen LogP contribution in [0.1, 0.15) is 45.4 Å². The summed E-state index contributed by atoms with van der Waals surface area (Å²) < 4.78 is 19.1. The van der Waals surface area contributed by atoms with Crippen LogP contribution in [0.15, 0.2) is 24.3 Å². The molecule has 126 valence electrons. The summed E-state index contributed by atoms with van der Waals surface area (Å²) in [6, 6.07) is 5.91. The van der Waals surface area contributed by atoms with Crippen molar-refractivity contribution in [2.75, 3.05) is 0 Å². The number of amides is 1. The van der Waals surface area contributed by atoms with Crippen molar-refractivity contribution in [3.05, 3.63) is 30.1 Å². The molecule has 0 spiro atoms. The summed E-state index contributed by atoms with van der Waals surface area (Å²) in [5.41, 5.74) is -0.713.